The molecular formula is C26H33FN4O2. The molecule has 0 saturated carbocycles. The summed E-state index contributed by atoms with van der Waals surface area (Å²) in [5.41, 5.74) is 3.87. The molecule has 0 aliphatic carbocycles. The number of allylic oxidation sites excluding steroid dienone is 1. The minimum Gasteiger partial charge on any atom is -0.507 e. The first kappa shape index (κ1) is 23.0. The largest absolute Gasteiger partial charge is 0.507 e. The van der Waals surface area contributed by atoms with E-state index < -0.39 is 11.7 Å². The van der Waals surface area contributed by atoms with Crippen LogP contribution in [-0.4, -0.2) is 61.7 Å². The molecule has 1 amide bonds. The van der Waals surface area contributed by atoms with Crippen LogP contribution in [0.3, 0.4) is 0 Å². The van der Waals surface area contributed by atoms with E-state index in [0.717, 1.165) is 57.2 Å². The molecule has 176 valence electrons. The van der Waals surface area contributed by atoms with Crippen LogP contribution >= 0.6 is 0 Å². The number of carbonyl (C=O) groups is 1. The van der Waals surface area contributed by atoms with Crippen LogP contribution in [0, 0.1) is 12.7 Å². The second kappa shape index (κ2) is 10.1. The molecule has 4 rings (SSSR count). The highest BCUT2D eigenvalue weighted by molar-refractivity contribution is 5.97. The number of piperazine rings is 1. The van der Waals surface area contributed by atoms with E-state index in [4.69, 9.17) is 0 Å². The fourth-order valence-corrected chi connectivity index (χ4v) is 4.71. The first-order valence-electron chi connectivity index (χ1n) is 11.7. The van der Waals surface area contributed by atoms with Crippen molar-refractivity contribution in [3.8, 4) is 5.75 Å². The van der Waals surface area contributed by atoms with Crippen molar-refractivity contribution in [1.29, 1.82) is 0 Å². The van der Waals surface area contributed by atoms with E-state index in [9.17, 15) is 14.3 Å². The van der Waals surface area contributed by atoms with Gasteiger partial charge in [0, 0.05) is 63.3 Å². The van der Waals surface area contributed by atoms with Gasteiger partial charge in [-0.05, 0) is 43.9 Å². The second-order valence-electron chi connectivity index (χ2n) is 8.85. The Bertz CT molecular complexity index is 1020. The third kappa shape index (κ3) is 5.24. The summed E-state index contributed by atoms with van der Waals surface area (Å²) < 4.78 is 14.9. The zero-order chi connectivity index (χ0) is 23.4. The van der Waals surface area contributed by atoms with Crippen LogP contribution in [0.25, 0.3) is 0 Å². The Morgan fingerprint density at radius 3 is 2.45 bits per heavy atom. The van der Waals surface area contributed by atoms with E-state index in [1.54, 1.807) is 0 Å². The number of phenols is 1. The van der Waals surface area contributed by atoms with Crippen LogP contribution in [0.1, 0.15) is 35.2 Å². The Balaban J connectivity index is 1.33. The number of amides is 1. The lowest BCUT2D eigenvalue weighted by Crippen LogP contribution is -2.47. The van der Waals surface area contributed by atoms with E-state index >= 15 is 0 Å². The van der Waals surface area contributed by atoms with E-state index in [2.05, 4.69) is 40.8 Å². The molecule has 0 unspecified atom stereocenters. The predicted molar refractivity (Wildman–Crippen MR) is 131 cm³/mol. The van der Waals surface area contributed by atoms with Gasteiger partial charge in [0.2, 0.25) is 0 Å². The Kier molecular flexibility index (Phi) is 7.06. The van der Waals surface area contributed by atoms with Crippen LogP contribution in [0.2, 0.25) is 0 Å². The number of likely N-dealkylation sites (tertiary alicyclic amines) is 1. The van der Waals surface area contributed by atoms with Crippen molar-refractivity contribution in [2.75, 3.05) is 55.6 Å². The van der Waals surface area contributed by atoms with Crippen LogP contribution in [0.4, 0.5) is 15.8 Å². The summed E-state index contributed by atoms with van der Waals surface area (Å²) in [6.07, 6.45) is 2.94. The van der Waals surface area contributed by atoms with Crippen LogP contribution in [0.15, 0.2) is 48.7 Å². The van der Waals surface area contributed by atoms with E-state index in [1.165, 1.54) is 17.3 Å². The molecule has 7 heteroatoms. The third-order valence-corrected chi connectivity index (χ3v) is 6.62. The van der Waals surface area contributed by atoms with Crippen molar-refractivity contribution < 1.29 is 14.3 Å². The first-order chi connectivity index (χ1) is 15.9. The van der Waals surface area contributed by atoms with Crippen molar-refractivity contribution in [3.05, 3.63) is 65.6 Å². The summed E-state index contributed by atoms with van der Waals surface area (Å²) >= 11 is 0. The van der Waals surface area contributed by atoms with Crippen molar-refractivity contribution in [2.24, 2.45) is 0 Å². The second-order valence-corrected chi connectivity index (χ2v) is 8.85. The van der Waals surface area contributed by atoms with Gasteiger partial charge in [0.25, 0.3) is 5.91 Å². The number of para-hydroxylation sites is 1. The Morgan fingerprint density at radius 1 is 1.09 bits per heavy atom. The normalized spacial score (nSPS) is 16.4. The van der Waals surface area contributed by atoms with E-state index in [0.29, 0.717) is 25.3 Å². The lowest BCUT2D eigenvalue weighted by Gasteiger charge is -2.38. The molecule has 0 radical (unpaired) electrons. The van der Waals surface area contributed by atoms with Gasteiger partial charge in [0.05, 0.1) is 11.3 Å². The molecule has 2 fully saturated rings. The molecule has 2 aliphatic heterocycles. The number of hydrogen-bond acceptors (Lipinski definition) is 5. The van der Waals surface area contributed by atoms with E-state index in [-0.39, 0.29) is 11.3 Å². The Labute approximate surface area is 195 Å². The smallest absolute Gasteiger partial charge is 0.255 e. The molecule has 33 heavy (non-hydrogen) atoms. The summed E-state index contributed by atoms with van der Waals surface area (Å²) in [6.45, 7) is 11.2. The zero-order valence-electron chi connectivity index (χ0n) is 19.3. The standard InChI is InChI=1S/C26H33FN4O2/c1-19-7-3-4-9-23(19)30-13-15-31(16-14-30)24-18-25(32)21(17-22(24)27)26(33)28-10-6-12-29-11-5-8-20(29)2/h3-4,7,9,17-18,32H,2,5-6,8,10-16H2,1H3,(H,28,33). The fraction of sp³-hybridized carbons (Fsp3) is 0.423. The average Bonchev–Trinajstić information content (AvgIpc) is 3.23. The minimum atomic E-state index is -0.490. The Hall–Kier alpha value is -3.22. The van der Waals surface area contributed by atoms with Crippen molar-refractivity contribution in [1.82, 2.24) is 10.2 Å². The van der Waals surface area contributed by atoms with Crippen LogP contribution in [0.5, 0.6) is 5.75 Å². The highest BCUT2D eigenvalue weighted by Gasteiger charge is 2.23. The number of hydrogen-bond donors (Lipinski definition) is 2. The van der Waals surface area contributed by atoms with Gasteiger partial charge in [-0.2, -0.15) is 0 Å². The van der Waals surface area contributed by atoms with Gasteiger partial charge in [-0.15, -0.1) is 0 Å². The topological polar surface area (TPSA) is 59.1 Å². The lowest BCUT2D eigenvalue weighted by molar-refractivity contribution is 0.0949. The maximum absolute atomic E-state index is 14.9. The maximum atomic E-state index is 14.9. The highest BCUT2D eigenvalue weighted by Crippen LogP contribution is 2.30. The number of halogens is 1. The van der Waals surface area contributed by atoms with Crippen molar-refractivity contribution in [2.45, 2.75) is 26.2 Å². The number of aryl methyl sites for hydroxylation is 1. The van der Waals surface area contributed by atoms with Gasteiger partial charge >= 0.3 is 0 Å². The minimum absolute atomic E-state index is 0.0274. The predicted octanol–water partition coefficient (Wildman–Crippen LogP) is 3.90. The number of carbonyl (C=O) groups excluding carboxylic acids is 1. The first-order valence-corrected chi connectivity index (χ1v) is 11.7. The summed E-state index contributed by atoms with van der Waals surface area (Å²) in [5.74, 6) is -1.14. The number of rotatable bonds is 7. The molecule has 0 bridgehead atoms. The molecule has 2 aliphatic rings. The SMILES string of the molecule is C=C1CCCN1CCCNC(=O)c1cc(F)c(N2CCN(c3ccccc3C)CC2)cc1O. The maximum Gasteiger partial charge on any atom is 0.255 e. The number of anilines is 2. The highest BCUT2D eigenvalue weighted by atomic mass is 19.1. The number of nitrogens with zero attached hydrogens (tertiary/aromatic N) is 3. The number of phenolic OH excluding ortho intramolecular Hbond substituents is 1. The monoisotopic (exact) mass is 452 g/mol. The van der Waals surface area contributed by atoms with Crippen molar-refractivity contribution >= 4 is 17.3 Å². The van der Waals surface area contributed by atoms with Crippen LogP contribution < -0.4 is 15.1 Å². The summed E-state index contributed by atoms with van der Waals surface area (Å²) in [4.78, 5) is 19.0. The number of aromatic hydroxyl groups is 1. The molecule has 0 atom stereocenters. The van der Waals surface area contributed by atoms with Gasteiger partial charge in [-0.1, -0.05) is 24.8 Å². The van der Waals surface area contributed by atoms with Crippen LogP contribution in [-0.2, 0) is 0 Å². The molecule has 2 aromatic rings. The zero-order valence-corrected chi connectivity index (χ0v) is 19.3. The lowest BCUT2D eigenvalue weighted by atomic mass is 10.1. The number of nitrogens with one attached hydrogen (secondary N) is 1. The summed E-state index contributed by atoms with van der Waals surface area (Å²) in [5, 5.41) is 13.3. The quantitative estimate of drug-likeness (QED) is 0.624. The molecule has 2 N–H and O–H groups in total. The van der Waals surface area contributed by atoms with Gasteiger partial charge in [0.15, 0.2) is 0 Å². The molecule has 2 aromatic carbocycles. The molecule has 6 nitrogen and oxygen atoms in total. The summed E-state index contributed by atoms with van der Waals surface area (Å²) in [7, 11) is 0. The van der Waals surface area contributed by atoms with Gasteiger partial charge in [-0.3, -0.25) is 4.79 Å². The van der Waals surface area contributed by atoms with E-state index in [1.807, 2.05) is 17.0 Å². The fourth-order valence-electron chi connectivity index (χ4n) is 4.71. The van der Waals surface area contributed by atoms with Gasteiger partial charge in [-0.25, -0.2) is 4.39 Å². The molecule has 2 saturated heterocycles. The molecule has 2 heterocycles. The number of benzene rings is 2. The Morgan fingerprint density at radius 2 is 1.79 bits per heavy atom. The molecular weight excluding hydrogens is 419 g/mol. The average molecular weight is 453 g/mol. The van der Waals surface area contributed by atoms with Gasteiger partial charge < -0.3 is 25.1 Å². The van der Waals surface area contributed by atoms with Gasteiger partial charge in [0.1, 0.15) is 11.6 Å². The third-order valence-electron chi connectivity index (χ3n) is 6.62. The molecule has 0 aromatic heterocycles. The summed E-state index contributed by atoms with van der Waals surface area (Å²) in [6, 6.07) is 10.8. The van der Waals surface area contributed by atoms with Crippen molar-refractivity contribution in [3.63, 3.8) is 0 Å². The molecule has 0 spiro atoms.